The first-order valence-electron chi connectivity index (χ1n) is 7.86. The van der Waals surface area contributed by atoms with E-state index in [-0.39, 0.29) is 11.8 Å². The molecule has 7 heteroatoms. The van der Waals surface area contributed by atoms with Gasteiger partial charge < -0.3 is 10.2 Å². The van der Waals surface area contributed by atoms with Gasteiger partial charge in [-0.3, -0.25) is 14.5 Å². The second-order valence-corrected chi connectivity index (χ2v) is 7.70. The number of nitrogens with one attached hydrogen (secondary N) is 1. The van der Waals surface area contributed by atoms with Gasteiger partial charge in [-0.15, -0.1) is 11.3 Å². The molecular weight excluding hydrogens is 358 g/mol. The van der Waals surface area contributed by atoms with Gasteiger partial charge in [0.1, 0.15) is 0 Å². The van der Waals surface area contributed by atoms with Crippen LogP contribution in [0.15, 0.2) is 36.4 Å². The highest BCUT2D eigenvalue weighted by Crippen LogP contribution is 2.22. The highest BCUT2D eigenvalue weighted by Gasteiger charge is 2.13. The molecule has 0 radical (unpaired) electrons. The number of carbonyl (C=O) groups excluding carboxylic acids is 2. The van der Waals surface area contributed by atoms with Gasteiger partial charge in [0.05, 0.1) is 17.4 Å². The van der Waals surface area contributed by atoms with Gasteiger partial charge in [-0.1, -0.05) is 23.7 Å². The van der Waals surface area contributed by atoms with Gasteiger partial charge >= 0.3 is 0 Å². The highest BCUT2D eigenvalue weighted by atomic mass is 35.5. The van der Waals surface area contributed by atoms with Crippen molar-refractivity contribution in [3.8, 4) is 0 Å². The summed E-state index contributed by atoms with van der Waals surface area (Å²) < 4.78 is 0.730. The van der Waals surface area contributed by atoms with Crippen LogP contribution in [0, 0.1) is 0 Å². The number of hydrogen-bond donors (Lipinski definition) is 1. The minimum absolute atomic E-state index is 0.0500. The van der Waals surface area contributed by atoms with Crippen LogP contribution in [0.4, 0.5) is 0 Å². The molecule has 1 aromatic carbocycles. The summed E-state index contributed by atoms with van der Waals surface area (Å²) in [7, 11) is 5.30. The number of nitrogens with zero attached hydrogens (tertiary/aromatic N) is 2. The Morgan fingerprint density at radius 3 is 2.32 bits per heavy atom. The number of carbonyl (C=O) groups is 2. The van der Waals surface area contributed by atoms with Gasteiger partial charge in [-0.2, -0.15) is 0 Å². The predicted octanol–water partition coefficient (Wildman–Crippen LogP) is 2.85. The topological polar surface area (TPSA) is 52.7 Å². The molecule has 0 aliphatic heterocycles. The molecule has 2 amide bonds. The minimum atomic E-state index is -0.106. The molecule has 5 nitrogen and oxygen atoms in total. The number of thiophene rings is 1. The summed E-state index contributed by atoms with van der Waals surface area (Å²) in [5, 5.41) is 2.59. The molecule has 0 aliphatic carbocycles. The summed E-state index contributed by atoms with van der Waals surface area (Å²) in [6.07, 6.45) is 0. The van der Waals surface area contributed by atoms with Crippen molar-refractivity contribution < 1.29 is 9.59 Å². The maximum Gasteiger partial charge on any atom is 0.251 e. The minimum Gasteiger partial charge on any atom is -0.355 e. The number of amides is 2. The number of benzene rings is 1. The third-order valence-corrected chi connectivity index (χ3v) is 4.96. The van der Waals surface area contributed by atoms with E-state index in [9.17, 15) is 9.59 Å². The normalized spacial score (nSPS) is 10.8. The SMILES string of the molecule is CNC(=O)c1ccc(CN(C)CC(=O)N(C)Cc2ccc(Cl)s2)cc1. The molecule has 2 rings (SSSR count). The van der Waals surface area contributed by atoms with E-state index in [1.165, 1.54) is 11.3 Å². The van der Waals surface area contributed by atoms with Crippen molar-refractivity contribution in [2.24, 2.45) is 0 Å². The summed E-state index contributed by atoms with van der Waals surface area (Å²) >= 11 is 7.41. The van der Waals surface area contributed by atoms with E-state index in [2.05, 4.69) is 5.32 Å². The molecule has 0 saturated heterocycles. The Hall–Kier alpha value is -1.89. The van der Waals surface area contributed by atoms with Crippen LogP contribution in [-0.4, -0.2) is 49.3 Å². The smallest absolute Gasteiger partial charge is 0.251 e. The average molecular weight is 380 g/mol. The van der Waals surface area contributed by atoms with Gasteiger partial charge in [0.25, 0.3) is 5.91 Å². The van der Waals surface area contributed by atoms with Crippen molar-refractivity contribution in [3.05, 3.63) is 56.7 Å². The molecule has 1 aromatic heterocycles. The van der Waals surface area contributed by atoms with Gasteiger partial charge in [0, 0.05) is 31.1 Å². The van der Waals surface area contributed by atoms with Gasteiger partial charge in [-0.25, -0.2) is 0 Å². The number of hydrogen-bond acceptors (Lipinski definition) is 4. The van der Waals surface area contributed by atoms with Crippen LogP contribution in [0.1, 0.15) is 20.8 Å². The number of rotatable bonds is 7. The second kappa shape index (κ2) is 8.99. The average Bonchev–Trinajstić information content (AvgIpc) is 2.99. The lowest BCUT2D eigenvalue weighted by Crippen LogP contribution is -2.35. The van der Waals surface area contributed by atoms with Crippen molar-refractivity contribution >= 4 is 34.8 Å². The zero-order valence-corrected chi connectivity index (χ0v) is 16.2. The molecule has 0 spiro atoms. The van der Waals surface area contributed by atoms with E-state index in [1.807, 2.05) is 36.2 Å². The summed E-state index contributed by atoms with van der Waals surface area (Å²) in [5.41, 5.74) is 1.68. The Labute approximate surface area is 157 Å². The number of likely N-dealkylation sites (N-methyl/N-ethyl adjacent to an activating group) is 2. The zero-order valence-electron chi connectivity index (χ0n) is 14.6. The molecule has 2 aromatic rings. The molecule has 0 fully saturated rings. The van der Waals surface area contributed by atoms with E-state index in [4.69, 9.17) is 11.6 Å². The molecule has 0 atom stereocenters. The van der Waals surface area contributed by atoms with Crippen LogP contribution in [0.25, 0.3) is 0 Å². The quantitative estimate of drug-likeness (QED) is 0.804. The standard InChI is InChI=1S/C18H22ClN3O2S/c1-20-18(24)14-6-4-13(5-7-14)10-21(2)12-17(23)22(3)11-15-8-9-16(19)25-15/h4-9H,10-12H2,1-3H3,(H,20,24). The Balaban J connectivity index is 1.85. The van der Waals surface area contributed by atoms with Crippen LogP contribution in [0.2, 0.25) is 4.34 Å². The predicted molar refractivity (Wildman–Crippen MR) is 102 cm³/mol. The Morgan fingerprint density at radius 2 is 1.76 bits per heavy atom. The van der Waals surface area contributed by atoms with E-state index in [0.29, 0.717) is 25.2 Å². The summed E-state index contributed by atoms with van der Waals surface area (Å²) in [4.78, 5) is 28.6. The van der Waals surface area contributed by atoms with Crippen LogP contribution in [0.3, 0.4) is 0 Å². The third-order valence-electron chi connectivity index (χ3n) is 3.75. The maximum absolute atomic E-state index is 12.3. The van der Waals surface area contributed by atoms with Crippen molar-refractivity contribution in [2.45, 2.75) is 13.1 Å². The highest BCUT2D eigenvalue weighted by molar-refractivity contribution is 7.16. The largest absolute Gasteiger partial charge is 0.355 e. The monoisotopic (exact) mass is 379 g/mol. The summed E-state index contributed by atoms with van der Waals surface area (Å²) in [6.45, 7) is 1.52. The Kier molecular flexibility index (Phi) is 6.99. The third kappa shape index (κ3) is 5.85. The van der Waals surface area contributed by atoms with Crippen LogP contribution in [0.5, 0.6) is 0 Å². The van der Waals surface area contributed by atoms with E-state index in [0.717, 1.165) is 14.8 Å². The first-order valence-corrected chi connectivity index (χ1v) is 9.06. The van der Waals surface area contributed by atoms with Crippen molar-refractivity contribution in [1.29, 1.82) is 0 Å². The Bertz CT molecular complexity index is 730. The summed E-state index contributed by atoms with van der Waals surface area (Å²) in [5.74, 6) is -0.0561. The zero-order chi connectivity index (χ0) is 18.4. The molecule has 134 valence electrons. The molecule has 0 saturated carbocycles. The van der Waals surface area contributed by atoms with E-state index in [1.54, 1.807) is 31.1 Å². The molecule has 0 aliphatic rings. The van der Waals surface area contributed by atoms with Gasteiger partial charge in [-0.05, 0) is 36.9 Å². The van der Waals surface area contributed by atoms with Crippen LogP contribution >= 0.6 is 22.9 Å². The van der Waals surface area contributed by atoms with Gasteiger partial charge in [0.2, 0.25) is 5.91 Å². The van der Waals surface area contributed by atoms with Crippen molar-refractivity contribution in [2.75, 3.05) is 27.7 Å². The second-order valence-electron chi connectivity index (χ2n) is 5.90. The molecule has 0 unspecified atom stereocenters. The molecule has 0 bridgehead atoms. The van der Waals surface area contributed by atoms with Gasteiger partial charge in [0.15, 0.2) is 0 Å². The lowest BCUT2D eigenvalue weighted by atomic mass is 10.1. The van der Waals surface area contributed by atoms with Crippen molar-refractivity contribution in [3.63, 3.8) is 0 Å². The fraction of sp³-hybridized carbons (Fsp3) is 0.333. The van der Waals surface area contributed by atoms with Crippen LogP contribution in [-0.2, 0) is 17.9 Å². The first kappa shape index (κ1) is 19.4. The fourth-order valence-corrected chi connectivity index (χ4v) is 3.52. The van der Waals surface area contributed by atoms with Crippen LogP contribution < -0.4 is 5.32 Å². The van der Waals surface area contributed by atoms with E-state index < -0.39 is 0 Å². The molecule has 25 heavy (non-hydrogen) atoms. The Morgan fingerprint density at radius 1 is 1.08 bits per heavy atom. The first-order chi connectivity index (χ1) is 11.9. The molecular formula is C18H22ClN3O2S. The van der Waals surface area contributed by atoms with Crippen molar-refractivity contribution in [1.82, 2.24) is 15.1 Å². The number of halogens is 1. The molecule has 1 N–H and O–H groups in total. The lowest BCUT2D eigenvalue weighted by molar-refractivity contribution is -0.131. The maximum atomic E-state index is 12.3. The summed E-state index contributed by atoms with van der Waals surface area (Å²) in [6, 6.07) is 11.2. The van der Waals surface area contributed by atoms with E-state index >= 15 is 0 Å². The lowest BCUT2D eigenvalue weighted by Gasteiger charge is -2.21. The molecule has 1 heterocycles. The fourth-order valence-electron chi connectivity index (χ4n) is 2.38.